The first-order valence-corrected chi connectivity index (χ1v) is 6.28. The van der Waals surface area contributed by atoms with Crippen molar-refractivity contribution in [2.24, 2.45) is 0 Å². The Morgan fingerprint density at radius 2 is 2.16 bits per heavy atom. The molecule has 0 aliphatic heterocycles. The first-order valence-electron chi connectivity index (χ1n) is 6.28. The third kappa shape index (κ3) is 3.47. The van der Waals surface area contributed by atoms with Crippen LogP contribution in [0.3, 0.4) is 0 Å². The molecule has 0 saturated heterocycles. The standard InChI is InChI=1S/C14H18N2O3/c1-14(2,3)19-13(18)16-11-8-9-6-4-5-7-10(9)15-12(11)17/h5,7-8H,4,6H2,1-3H3,(H,15,17)(H,16,18). The van der Waals surface area contributed by atoms with Crippen LogP contribution in [0.15, 0.2) is 16.9 Å². The van der Waals surface area contributed by atoms with Gasteiger partial charge in [0.2, 0.25) is 0 Å². The normalized spacial score (nSPS) is 13.8. The van der Waals surface area contributed by atoms with Gasteiger partial charge in [0.25, 0.3) is 5.56 Å². The van der Waals surface area contributed by atoms with Gasteiger partial charge in [-0.05, 0) is 51.3 Å². The smallest absolute Gasteiger partial charge is 0.412 e. The van der Waals surface area contributed by atoms with E-state index in [0.29, 0.717) is 0 Å². The highest BCUT2D eigenvalue weighted by atomic mass is 16.6. The molecule has 0 atom stereocenters. The molecule has 2 rings (SSSR count). The van der Waals surface area contributed by atoms with Crippen molar-refractivity contribution in [3.05, 3.63) is 33.8 Å². The predicted molar refractivity (Wildman–Crippen MR) is 74.3 cm³/mol. The van der Waals surface area contributed by atoms with Crippen LogP contribution < -0.4 is 10.9 Å². The zero-order valence-electron chi connectivity index (χ0n) is 11.4. The summed E-state index contributed by atoms with van der Waals surface area (Å²) in [4.78, 5) is 26.2. The minimum absolute atomic E-state index is 0.225. The van der Waals surface area contributed by atoms with Gasteiger partial charge in [0.15, 0.2) is 0 Å². The second-order valence-corrected chi connectivity index (χ2v) is 5.52. The number of fused-ring (bicyclic) bond motifs is 1. The Labute approximate surface area is 111 Å². The van der Waals surface area contributed by atoms with E-state index in [1.807, 2.05) is 12.2 Å². The number of carbonyl (C=O) groups excluding carboxylic acids is 1. The highest BCUT2D eigenvalue weighted by Gasteiger charge is 2.18. The number of nitrogens with one attached hydrogen (secondary N) is 2. The monoisotopic (exact) mass is 262 g/mol. The Kier molecular flexibility index (Phi) is 3.46. The van der Waals surface area contributed by atoms with Gasteiger partial charge in [0.1, 0.15) is 11.3 Å². The van der Waals surface area contributed by atoms with Crippen LogP contribution in [0.25, 0.3) is 6.08 Å². The second kappa shape index (κ2) is 4.91. The molecule has 19 heavy (non-hydrogen) atoms. The Morgan fingerprint density at radius 1 is 1.42 bits per heavy atom. The molecule has 5 nitrogen and oxygen atoms in total. The van der Waals surface area contributed by atoms with E-state index in [2.05, 4.69) is 10.3 Å². The molecule has 1 amide bonds. The molecule has 0 bridgehead atoms. The molecule has 0 saturated carbocycles. The highest BCUT2D eigenvalue weighted by molar-refractivity contribution is 5.84. The number of allylic oxidation sites excluding steroid dienone is 1. The van der Waals surface area contributed by atoms with Crippen molar-refractivity contribution in [3.63, 3.8) is 0 Å². The summed E-state index contributed by atoms with van der Waals surface area (Å²) in [6, 6.07) is 1.71. The van der Waals surface area contributed by atoms with Gasteiger partial charge < -0.3 is 9.72 Å². The molecule has 1 aromatic rings. The minimum atomic E-state index is -0.621. The first-order chi connectivity index (χ1) is 8.85. The van der Waals surface area contributed by atoms with Crippen LogP contribution in [-0.2, 0) is 11.2 Å². The number of hydrogen-bond acceptors (Lipinski definition) is 3. The van der Waals surface area contributed by atoms with E-state index in [0.717, 1.165) is 24.1 Å². The summed E-state index contributed by atoms with van der Waals surface area (Å²) >= 11 is 0. The zero-order valence-corrected chi connectivity index (χ0v) is 11.4. The van der Waals surface area contributed by atoms with Crippen LogP contribution in [0.1, 0.15) is 38.4 Å². The maximum Gasteiger partial charge on any atom is 0.412 e. The lowest BCUT2D eigenvalue weighted by atomic mass is 10.0. The molecule has 1 aliphatic rings. The summed E-state index contributed by atoms with van der Waals surface area (Å²) in [6.07, 6.45) is 5.07. The van der Waals surface area contributed by atoms with Crippen LogP contribution in [0.4, 0.5) is 10.5 Å². The highest BCUT2D eigenvalue weighted by Crippen LogP contribution is 2.18. The Hall–Kier alpha value is -2.04. The number of aryl methyl sites for hydroxylation is 1. The molecule has 0 radical (unpaired) electrons. The number of aromatic amines is 1. The summed E-state index contributed by atoms with van der Waals surface area (Å²) in [5, 5.41) is 2.49. The molecule has 1 aliphatic carbocycles. The molecule has 5 heteroatoms. The van der Waals surface area contributed by atoms with Crippen molar-refractivity contribution in [2.45, 2.75) is 39.2 Å². The number of hydrogen-bond donors (Lipinski definition) is 2. The number of anilines is 1. The fourth-order valence-corrected chi connectivity index (χ4v) is 1.89. The number of pyridine rings is 1. The van der Waals surface area contributed by atoms with E-state index in [-0.39, 0.29) is 11.2 Å². The van der Waals surface area contributed by atoms with E-state index < -0.39 is 11.7 Å². The van der Waals surface area contributed by atoms with Crippen molar-refractivity contribution in [1.82, 2.24) is 4.98 Å². The van der Waals surface area contributed by atoms with Crippen molar-refractivity contribution >= 4 is 17.9 Å². The van der Waals surface area contributed by atoms with Crippen LogP contribution in [-0.4, -0.2) is 16.7 Å². The molecule has 0 fully saturated rings. The van der Waals surface area contributed by atoms with Gasteiger partial charge >= 0.3 is 6.09 Å². The number of ether oxygens (including phenoxy) is 1. The van der Waals surface area contributed by atoms with Crippen LogP contribution in [0.2, 0.25) is 0 Å². The van der Waals surface area contributed by atoms with Crippen molar-refractivity contribution in [1.29, 1.82) is 0 Å². The number of carbonyl (C=O) groups is 1. The maximum absolute atomic E-state index is 11.8. The van der Waals surface area contributed by atoms with Crippen molar-refractivity contribution in [2.75, 3.05) is 5.32 Å². The van der Waals surface area contributed by atoms with E-state index in [1.54, 1.807) is 26.8 Å². The summed E-state index contributed by atoms with van der Waals surface area (Å²) in [6.45, 7) is 5.32. The third-order valence-electron chi connectivity index (χ3n) is 2.66. The van der Waals surface area contributed by atoms with Crippen molar-refractivity contribution in [3.8, 4) is 0 Å². The number of aromatic nitrogens is 1. The Morgan fingerprint density at radius 3 is 2.84 bits per heavy atom. The molecule has 102 valence electrons. The molecule has 1 aromatic heterocycles. The van der Waals surface area contributed by atoms with Gasteiger partial charge in [-0.2, -0.15) is 0 Å². The number of rotatable bonds is 1. The summed E-state index contributed by atoms with van der Waals surface area (Å²) in [5.74, 6) is 0. The van der Waals surface area contributed by atoms with Gasteiger partial charge in [0.05, 0.1) is 0 Å². The molecule has 1 heterocycles. The fourth-order valence-electron chi connectivity index (χ4n) is 1.89. The van der Waals surface area contributed by atoms with Gasteiger partial charge in [-0.3, -0.25) is 10.1 Å². The molecule has 0 aromatic carbocycles. The quantitative estimate of drug-likeness (QED) is 0.817. The van der Waals surface area contributed by atoms with E-state index in [1.165, 1.54) is 0 Å². The maximum atomic E-state index is 11.8. The molecule has 2 N–H and O–H groups in total. The van der Waals surface area contributed by atoms with Crippen LogP contribution in [0.5, 0.6) is 0 Å². The second-order valence-electron chi connectivity index (χ2n) is 5.52. The summed E-state index contributed by atoms with van der Waals surface area (Å²) < 4.78 is 5.12. The lowest BCUT2D eigenvalue weighted by molar-refractivity contribution is 0.0635. The van der Waals surface area contributed by atoms with Gasteiger partial charge in [0, 0.05) is 5.69 Å². The van der Waals surface area contributed by atoms with E-state index >= 15 is 0 Å². The Balaban J connectivity index is 2.20. The van der Waals surface area contributed by atoms with Gasteiger partial charge in [-0.25, -0.2) is 4.79 Å². The number of H-pyrrole nitrogens is 1. The fraction of sp³-hybridized carbons (Fsp3) is 0.429. The minimum Gasteiger partial charge on any atom is -0.444 e. The molecule has 0 unspecified atom stereocenters. The molecule has 0 spiro atoms. The van der Waals surface area contributed by atoms with E-state index in [4.69, 9.17) is 4.74 Å². The first kappa shape index (κ1) is 13.4. The molecular weight excluding hydrogens is 244 g/mol. The van der Waals surface area contributed by atoms with Gasteiger partial charge in [-0.1, -0.05) is 6.08 Å². The zero-order chi connectivity index (χ0) is 14.0. The number of amides is 1. The lowest BCUT2D eigenvalue weighted by Crippen LogP contribution is -2.29. The van der Waals surface area contributed by atoms with Gasteiger partial charge in [-0.15, -0.1) is 0 Å². The summed E-state index contributed by atoms with van der Waals surface area (Å²) in [5.41, 5.74) is 1.15. The molecular formula is C14H18N2O3. The van der Waals surface area contributed by atoms with Crippen LogP contribution in [0, 0.1) is 0 Å². The predicted octanol–water partition coefficient (Wildman–Crippen LogP) is 2.68. The average Bonchev–Trinajstić information content (AvgIpc) is 2.27. The SMILES string of the molecule is CC(C)(C)OC(=O)Nc1cc2c([nH]c1=O)C=CCC2. The largest absolute Gasteiger partial charge is 0.444 e. The van der Waals surface area contributed by atoms with Crippen molar-refractivity contribution < 1.29 is 9.53 Å². The lowest BCUT2D eigenvalue weighted by Gasteiger charge is -2.20. The van der Waals surface area contributed by atoms with E-state index in [9.17, 15) is 9.59 Å². The average molecular weight is 262 g/mol. The van der Waals surface area contributed by atoms with Crippen LogP contribution >= 0.6 is 0 Å². The third-order valence-corrected chi connectivity index (χ3v) is 2.66. The Bertz CT molecular complexity index is 579. The summed E-state index contributed by atoms with van der Waals surface area (Å²) in [7, 11) is 0. The topological polar surface area (TPSA) is 71.2 Å².